The molecule has 0 saturated heterocycles. The highest BCUT2D eigenvalue weighted by atomic mass is 35.5. The predicted molar refractivity (Wildman–Crippen MR) is 119 cm³/mol. The van der Waals surface area contributed by atoms with E-state index in [2.05, 4.69) is 20.7 Å². The number of nitrogens with zero attached hydrogens (tertiary/aromatic N) is 3. The minimum atomic E-state index is -0.604. The van der Waals surface area contributed by atoms with E-state index < -0.39 is 6.04 Å². The SMILES string of the molecule is COc1ccc(NC(=O)C2=C(C)Nc3ncnn3[C@@H]2c2ccc(Cl)cc2Cl)c(OC)c1. The van der Waals surface area contributed by atoms with Gasteiger partial charge in [-0.2, -0.15) is 10.1 Å². The standard InChI is InChI=1S/C21H19Cl2N5O3/c1-11-18(20(29)27-16-7-5-13(30-2)9-17(16)31-3)19(28-21(26-11)24-10-25-28)14-6-4-12(22)8-15(14)23/h4-10,19H,1-3H3,(H,27,29)(H,24,25,26)/t19-/m1/s1. The largest absolute Gasteiger partial charge is 0.497 e. The Bertz CT molecular complexity index is 1190. The van der Waals surface area contributed by atoms with Gasteiger partial charge in [0.2, 0.25) is 5.95 Å². The summed E-state index contributed by atoms with van der Waals surface area (Å²) in [6.45, 7) is 1.80. The molecule has 4 rings (SSSR count). The smallest absolute Gasteiger partial charge is 0.255 e. The Morgan fingerprint density at radius 3 is 2.68 bits per heavy atom. The molecular weight excluding hydrogens is 441 g/mol. The Balaban J connectivity index is 1.77. The van der Waals surface area contributed by atoms with Crippen LogP contribution in [0.2, 0.25) is 10.0 Å². The first-order valence-electron chi connectivity index (χ1n) is 9.28. The number of methoxy groups -OCH3 is 2. The van der Waals surface area contributed by atoms with Crippen molar-refractivity contribution in [1.29, 1.82) is 0 Å². The Hall–Kier alpha value is -3.23. The second kappa shape index (κ2) is 8.49. The highest BCUT2D eigenvalue weighted by Gasteiger charge is 2.35. The number of allylic oxidation sites excluding steroid dienone is 1. The predicted octanol–water partition coefficient (Wildman–Crippen LogP) is 4.53. The van der Waals surface area contributed by atoms with Crippen molar-refractivity contribution in [3.05, 3.63) is 69.6 Å². The van der Waals surface area contributed by atoms with Crippen LogP contribution in [0.1, 0.15) is 18.5 Å². The molecule has 1 aromatic heterocycles. The number of hydrogen-bond donors (Lipinski definition) is 2. The van der Waals surface area contributed by atoms with Gasteiger partial charge in [-0.25, -0.2) is 4.68 Å². The summed E-state index contributed by atoms with van der Waals surface area (Å²) in [4.78, 5) is 17.7. The third kappa shape index (κ3) is 3.92. The highest BCUT2D eigenvalue weighted by Crippen LogP contribution is 2.39. The van der Waals surface area contributed by atoms with Crippen LogP contribution in [0.3, 0.4) is 0 Å². The number of anilines is 2. The van der Waals surface area contributed by atoms with Crippen molar-refractivity contribution in [3.63, 3.8) is 0 Å². The first-order chi connectivity index (χ1) is 14.9. The first-order valence-corrected chi connectivity index (χ1v) is 10.0. The topological polar surface area (TPSA) is 90.3 Å². The Morgan fingerprint density at radius 2 is 1.97 bits per heavy atom. The molecule has 1 amide bonds. The molecule has 0 aliphatic carbocycles. The molecule has 0 radical (unpaired) electrons. The van der Waals surface area contributed by atoms with Gasteiger partial charge in [-0.15, -0.1) is 0 Å². The summed E-state index contributed by atoms with van der Waals surface area (Å²) in [6, 6.07) is 9.68. The van der Waals surface area contributed by atoms with E-state index in [1.807, 2.05) is 0 Å². The minimum Gasteiger partial charge on any atom is -0.497 e. The number of carbonyl (C=O) groups excluding carboxylic acids is 1. The van der Waals surface area contributed by atoms with Gasteiger partial charge in [0.15, 0.2) is 0 Å². The van der Waals surface area contributed by atoms with Gasteiger partial charge in [0.05, 0.1) is 25.5 Å². The maximum atomic E-state index is 13.5. The molecule has 1 aliphatic heterocycles. The normalized spacial score (nSPS) is 15.2. The van der Waals surface area contributed by atoms with Gasteiger partial charge in [-0.3, -0.25) is 4.79 Å². The lowest BCUT2D eigenvalue weighted by Crippen LogP contribution is -2.31. The minimum absolute atomic E-state index is 0.342. The molecule has 10 heteroatoms. The van der Waals surface area contributed by atoms with Crippen LogP contribution in [0.4, 0.5) is 11.6 Å². The van der Waals surface area contributed by atoms with E-state index in [9.17, 15) is 4.79 Å². The van der Waals surface area contributed by atoms with Crippen LogP contribution in [0.25, 0.3) is 0 Å². The maximum Gasteiger partial charge on any atom is 0.255 e. The van der Waals surface area contributed by atoms with E-state index >= 15 is 0 Å². The lowest BCUT2D eigenvalue weighted by atomic mass is 9.95. The van der Waals surface area contributed by atoms with Gasteiger partial charge in [0, 0.05) is 27.4 Å². The summed E-state index contributed by atoms with van der Waals surface area (Å²) in [7, 11) is 3.08. The van der Waals surface area contributed by atoms with Gasteiger partial charge in [-0.05, 0) is 31.2 Å². The third-order valence-electron chi connectivity index (χ3n) is 4.95. The summed E-state index contributed by atoms with van der Waals surface area (Å²) >= 11 is 12.6. The zero-order valence-corrected chi connectivity index (χ0v) is 18.5. The van der Waals surface area contributed by atoms with Gasteiger partial charge >= 0.3 is 0 Å². The second-order valence-corrected chi connectivity index (χ2v) is 7.62. The van der Waals surface area contributed by atoms with Crippen molar-refractivity contribution < 1.29 is 14.3 Å². The lowest BCUT2D eigenvalue weighted by Gasteiger charge is -2.29. The molecule has 1 atom stereocenters. The van der Waals surface area contributed by atoms with Gasteiger partial charge in [0.1, 0.15) is 23.9 Å². The van der Waals surface area contributed by atoms with Crippen molar-refractivity contribution >= 4 is 40.7 Å². The molecule has 2 aromatic carbocycles. The van der Waals surface area contributed by atoms with Crippen molar-refractivity contribution in [2.45, 2.75) is 13.0 Å². The summed E-state index contributed by atoms with van der Waals surface area (Å²) < 4.78 is 12.2. The van der Waals surface area contributed by atoms with Crippen molar-refractivity contribution in [2.75, 3.05) is 24.9 Å². The molecular formula is C21H19Cl2N5O3. The summed E-state index contributed by atoms with van der Waals surface area (Å²) in [5, 5.41) is 11.3. The number of fused-ring (bicyclic) bond motifs is 1. The summed E-state index contributed by atoms with van der Waals surface area (Å²) in [5.41, 5.74) is 2.23. The quantitative estimate of drug-likeness (QED) is 0.582. The Kier molecular flexibility index (Phi) is 5.75. The number of carbonyl (C=O) groups is 1. The molecule has 31 heavy (non-hydrogen) atoms. The molecule has 2 N–H and O–H groups in total. The van der Waals surface area contributed by atoms with Crippen molar-refractivity contribution in [1.82, 2.24) is 14.8 Å². The number of benzene rings is 2. The fourth-order valence-electron chi connectivity index (χ4n) is 3.49. The molecule has 8 nitrogen and oxygen atoms in total. The zero-order valence-electron chi connectivity index (χ0n) is 16.9. The number of halogens is 2. The lowest BCUT2D eigenvalue weighted by molar-refractivity contribution is -0.113. The number of hydrogen-bond acceptors (Lipinski definition) is 6. The van der Waals surface area contributed by atoms with Crippen LogP contribution in [-0.2, 0) is 4.79 Å². The van der Waals surface area contributed by atoms with Gasteiger partial charge in [-0.1, -0.05) is 29.3 Å². The average Bonchev–Trinajstić information content (AvgIpc) is 3.21. The van der Waals surface area contributed by atoms with Crippen LogP contribution >= 0.6 is 23.2 Å². The molecule has 1 aliphatic rings. The molecule has 0 fully saturated rings. The fourth-order valence-corrected chi connectivity index (χ4v) is 4.00. The number of aromatic nitrogens is 3. The van der Waals surface area contributed by atoms with E-state index in [0.717, 1.165) is 0 Å². The van der Waals surface area contributed by atoms with Crippen LogP contribution in [0, 0.1) is 0 Å². The van der Waals surface area contributed by atoms with Crippen molar-refractivity contribution in [2.24, 2.45) is 0 Å². The first kappa shape index (κ1) is 21.0. The maximum absolute atomic E-state index is 13.5. The van der Waals surface area contributed by atoms with Crippen LogP contribution in [-0.4, -0.2) is 34.9 Å². The molecule has 0 unspecified atom stereocenters. The summed E-state index contributed by atoms with van der Waals surface area (Å²) in [6.07, 6.45) is 1.42. The van der Waals surface area contributed by atoms with E-state index in [4.69, 9.17) is 32.7 Å². The fraction of sp³-hybridized carbons (Fsp3) is 0.190. The zero-order chi connectivity index (χ0) is 22.1. The van der Waals surface area contributed by atoms with E-state index in [0.29, 0.717) is 50.0 Å². The second-order valence-electron chi connectivity index (χ2n) is 6.78. The monoisotopic (exact) mass is 459 g/mol. The molecule has 0 spiro atoms. The number of nitrogens with one attached hydrogen (secondary N) is 2. The molecule has 160 valence electrons. The third-order valence-corrected chi connectivity index (χ3v) is 5.52. The van der Waals surface area contributed by atoms with Crippen LogP contribution in [0.5, 0.6) is 11.5 Å². The van der Waals surface area contributed by atoms with E-state index in [1.54, 1.807) is 55.1 Å². The average molecular weight is 460 g/mol. The van der Waals surface area contributed by atoms with Gasteiger partial charge in [0.25, 0.3) is 5.91 Å². The number of amides is 1. The highest BCUT2D eigenvalue weighted by molar-refractivity contribution is 6.35. The van der Waals surface area contributed by atoms with E-state index in [1.165, 1.54) is 13.4 Å². The number of ether oxygens (including phenoxy) is 2. The van der Waals surface area contributed by atoms with Gasteiger partial charge < -0.3 is 20.1 Å². The molecule has 0 bridgehead atoms. The Labute approximate surface area is 188 Å². The van der Waals surface area contributed by atoms with Crippen LogP contribution in [0.15, 0.2) is 54.0 Å². The molecule has 3 aromatic rings. The molecule has 0 saturated carbocycles. The van der Waals surface area contributed by atoms with Crippen molar-refractivity contribution in [3.8, 4) is 11.5 Å². The molecule has 2 heterocycles. The van der Waals surface area contributed by atoms with E-state index in [-0.39, 0.29) is 5.91 Å². The number of rotatable bonds is 5. The van der Waals surface area contributed by atoms with Crippen LogP contribution < -0.4 is 20.1 Å². The summed E-state index contributed by atoms with van der Waals surface area (Å²) in [5.74, 6) is 1.25. The Morgan fingerprint density at radius 1 is 1.16 bits per heavy atom.